The standard InChI is InChI=1S/C12H12N2O4.C3H6.C2H4O2/c1-13-7-2-3-8-9(6-7)12(18)14(11(8)17)5-4-10(15)16;1-3-2;1-2(3)4/h2-3,6,13H,4-5H2,1H3,(H,15,16);3H,1H2,2H3;1H3,(H,3,4). The molecule has 2 rings (SSSR count). The summed E-state index contributed by atoms with van der Waals surface area (Å²) in [6.07, 6.45) is 1.50. The highest BCUT2D eigenvalue weighted by atomic mass is 16.4. The predicted molar refractivity (Wildman–Crippen MR) is 92.8 cm³/mol. The average Bonchev–Trinajstić information content (AvgIpc) is 2.76. The van der Waals surface area contributed by atoms with Gasteiger partial charge in [0.1, 0.15) is 0 Å². The van der Waals surface area contributed by atoms with Crippen molar-refractivity contribution >= 4 is 29.4 Å². The summed E-state index contributed by atoms with van der Waals surface area (Å²) in [7, 11) is 1.71. The summed E-state index contributed by atoms with van der Waals surface area (Å²) in [4.78, 5) is 44.3. The van der Waals surface area contributed by atoms with E-state index in [9.17, 15) is 14.4 Å². The second kappa shape index (κ2) is 10.6. The average molecular weight is 350 g/mol. The van der Waals surface area contributed by atoms with E-state index < -0.39 is 23.8 Å². The molecule has 1 aromatic carbocycles. The number of hydrogen-bond acceptors (Lipinski definition) is 5. The summed E-state index contributed by atoms with van der Waals surface area (Å²) in [5, 5.41) is 18.9. The van der Waals surface area contributed by atoms with Crippen LogP contribution in [0.5, 0.6) is 0 Å². The summed E-state index contributed by atoms with van der Waals surface area (Å²) in [5.74, 6) is -2.74. The van der Waals surface area contributed by atoms with Crippen LogP contribution in [0.1, 0.15) is 41.0 Å². The van der Waals surface area contributed by atoms with Crippen molar-refractivity contribution in [2.45, 2.75) is 20.3 Å². The number of benzene rings is 1. The minimum Gasteiger partial charge on any atom is -0.481 e. The van der Waals surface area contributed by atoms with Crippen LogP contribution in [0.2, 0.25) is 0 Å². The number of anilines is 1. The molecule has 0 saturated heterocycles. The van der Waals surface area contributed by atoms with Gasteiger partial charge in [-0.2, -0.15) is 0 Å². The van der Waals surface area contributed by atoms with Gasteiger partial charge in [-0.15, -0.1) is 6.58 Å². The first-order valence-corrected chi connectivity index (χ1v) is 7.35. The molecule has 136 valence electrons. The molecule has 1 aliphatic rings. The van der Waals surface area contributed by atoms with Crippen molar-refractivity contribution in [1.29, 1.82) is 0 Å². The van der Waals surface area contributed by atoms with Gasteiger partial charge in [0.15, 0.2) is 0 Å². The lowest BCUT2D eigenvalue weighted by Gasteiger charge is -2.11. The molecule has 0 bridgehead atoms. The third-order valence-electron chi connectivity index (χ3n) is 2.81. The van der Waals surface area contributed by atoms with Crippen LogP contribution in [0.25, 0.3) is 0 Å². The zero-order valence-electron chi connectivity index (χ0n) is 14.4. The van der Waals surface area contributed by atoms with Gasteiger partial charge in [-0.25, -0.2) is 0 Å². The number of nitrogens with one attached hydrogen (secondary N) is 1. The highest BCUT2D eigenvalue weighted by Gasteiger charge is 2.35. The van der Waals surface area contributed by atoms with E-state index in [1.807, 2.05) is 6.92 Å². The SMILES string of the molecule is C=CC.CC(=O)O.CNc1ccc2c(c1)C(=O)N(CCC(=O)O)C2=O. The Hall–Kier alpha value is -3.16. The van der Waals surface area contributed by atoms with Crippen molar-refractivity contribution in [2.24, 2.45) is 0 Å². The fraction of sp³-hybridized carbons (Fsp3) is 0.294. The number of hydrogen-bond donors (Lipinski definition) is 3. The molecule has 0 radical (unpaired) electrons. The number of amides is 2. The second-order valence-electron chi connectivity index (χ2n) is 4.84. The molecular formula is C17H22N2O6. The first-order chi connectivity index (χ1) is 11.7. The van der Waals surface area contributed by atoms with E-state index in [4.69, 9.17) is 15.0 Å². The normalized spacial score (nSPS) is 11.4. The molecule has 0 fully saturated rings. The van der Waals surface area contributed by atoms with E-state index in [2.05, 4.69) is 11.9 Å². The van der Waals surface area contributed by atoms with Crippen molar-refractivity contribution < 1.29 is 29.4 Å². The minimum atomic E-state index is -1.04. The maximum atomic E-state index is 12.0. The van der Waals surface area contributed by atoms with Gasteiger partial charge in [0, 0.05) is 26.2 Å². The molecule has 8 nitrogen and oxygen atoms in total. The summed E-state index contributed by atoms with van der Waals surface area (Å²) < 4.78 is 0. The van der Waals surface area contributed by atoms with Gasteiger partial charge in [0.25, 0.3) is 17.8 Å². The Morgan fingerprint density at radius 3 is 2.12 bits per heavy atom. The number of nitrogens with zero attached hydrogens (tertiary/aromatic N) is 1. The maximum Gasteiger partial charge on any atom is 0.305 e. The van der Waals surface area contributed by atoms with Gasteiger partial charge < -0.3 is 15.5 Å². The molecule has 0 atom stereocenters. The quantitative estimate of drug-likeness (QED) is 0.561. The summed E-state index contributed by atoms with van der Waals surface area (Å²) in [5.41, 5.74) is 1.37. The lowest BCUT2D eigenvalue weighted by Crippen LogP contribution is -2.31. The number of carboxylic acids is 2. The van der Waals surface area contributed by atoms with E-state index in [1.165, 1.54) is 0 Å². The van der Waals surface area contributed by atoms with Gasteiger partial charge in [-0.1, -0.05) is 6.08 Å². The molecule has 0 saturated carbocycles. The molecule has 1 aromatic rings. The fourth-order valence-corrected chi connectivity index (χ4v) is 1.86. The fourth-order valence-electron chi connectivity index (χ4n) is 1.86. The topological polar surface area (TPSA) is 124 Å². The largest absolute Gasteiger partial charge is 0.481 e. The van der Waals surface area contributed by atoms with E-state index >= 15 is 0 Å². The Morgan fingerprint density at radius 1 is 1.20 bits per heavy atom. The van der Waals surface area contributed by atoms with Crippen LogP contribution in [0.3, 0.4) is 0 Å². The van der Waals surface area contributed by atoms with Gasteiger partial charge in [0.05, 0.1) is 17.5 Å². The number of fused-ring (bicyclic) bond motifs is 1. The van der Waals surface area contributed by atoms with Crippen molar-refractivity contribution in [3.63, 3.8) is 0 Å². The first kappa shape index (κ1) is 21.8. The monoisotopic (exact) mass is 350 g/mol. The second-order valence-corrected chi connectivity index (χ2v) is 4.84. The number of carbonyl (C=O) groups is 4. The van der Waals surface area contributed by atoms with Crippen LogP contribution in [-0.2, 0) is 9.59 Å². The zero-order valence-corrected chi connectivity index (χ0v) is 14.4. The van der Waals surface area contributed by atoms with E-state index in [0.717, 1.165) is 17.5 Å². The van der Waals surface area contributed by atoms with Gasteiger partial charge in [-0.05, 0) is 25.1 Å². The van der Waals surface area contributed by atoms with Crippen LogP contribution < -0.4 is 5.32 Å². The Kier molecular flexibility index (Phi) is 9.25. The third kappa shape index (κ3) is 6.86. The number of aliphatic carboxylic acids is 2. The molecule has 1 heterocycles. The lowest BCUT2D eigenvalue weighted by atomic mass is 10.1. The highest BCUT2D eigenvalue weighted by molar-refractivity contribution is 6.21. The number of imide groups is 1. The molecule has 8 heteroatoms. The van der Waals surface area contributed by atoms with Crippen LogP contribution in [0, 0.1) is 0 Å². The number of rotatable bonds is 4. The number of carbonyl (C=O) groups excluding carboxylic acids is 2. The molecule has 0 unspecified atom stereocenters. The Labute approximate surface area is 145 Å². The summed E-state index contributed by atoms with van der Waals surface area (Å²) in [6.45, 7) is 6.23. The molecule has 25 heavy (non-hydrogen) atoms. The van der Waals surface area contributed by atoms with Gasteiger partial charge >= 0.3 is 5.97 Å². The molecule has 3 N–H and O–H groups in total. The zero-order chi connectivity index (χ0) is 19.6. The molecule has 2 amide bonds. The van der Waals surface area contributed by atoms with E-state index in [1.54, 1.807) is 31.3 Å². The Morgan fingerprint density at radius 2 is 1.68 bits per heavy atom. The molecular weight excluding hydrogens is 328 g/mol. The van der Waals surface area contributed by atoms with Crippen molar-refractivity contribution in [3.8, 4) is 0 Å². The number of carboxylic acid groups (broad SMARTS) is 2. The van der Waals surface area contributed by atoms with E-state index in [0.29, 0.717) is 11.1 Å². The first-order valence-electron chi connectivity index (χ1n) is 7.35. The highest BCUT2D eigenvalue weighted by Crippen LogP contribution is 2.25. The smallest absolute Gasteiger partial charge is 0.305 e. The van der Waals surface area contributed by atoms with Crippen molar-refractivity contribution in [1.82, 2.24) is 4.90 Å². The molecule has 1 aliphatic heterocycles. The molecule has 0 aliphatic carbocycles. The van der Waals surface area contributed by atoms with Crippen molar-refractivity contribution in [2.75, 3.05) is 18.9 Å². The van der Waals surface area contributed by atoms with Gasteiger partial charge in [0.2, 0.25) is 0 Å². The van der Waals surface area contributed by atoms with Gasteiger partial charge in [-0.3, -0.25) is 24.1 Å². The van der Waals surface area contributed by atoms with E-state index in [-0.39, 0.29) is 13.0 Å². The summed E-state index contributed by atoms with van der Waals surface area (Å²) >= 11 is 0. The maximum absolute atomic E-state index is 12.0. The molecule has 0 spiro atoms. The Balaban J connectivity index is 0.000000708. The van der Waals surface area contributed by atoms with Crippen molar-refractivity contribution in [3.05, 3.63) is 42.0 Å². The lowest BCUT2D eigenvalue weighted by molar-refractivity contribution is -0.137. The van der Waals surface area contributed by atoms with Crippen LogP contribution in [-0.4, -0.2) is 52.5 Å². The van der Waals surface area contributed by atoms with Crippen LogP contribution >= 0.6 is 0 Å². The minimum absolute atomic E-state index is 0.101. The third-order valence-corrected chi connectivity index (χ3v) is 2.81. The Bertz CT molecular complexity index is 665. The van der Waals surface area contributed by atoms with Crippen LogP contribution in [0.15, 0.2) is 30.9 Å². The molecule has 0 aromatic heterocycles. The predicted octanol–water partition coefficient (Wildman–Crippen LogP) is 2.08. The van der Waals surface area contributed by atoms with Crippen LogP contribution in [0.4, 0.5) is 5.69 Å². The summed E-state index contributed by atoms with van der Waals surface area (Å²) in [6, 6.07) is 4.86. The number of allylic oxidation sites excluding steroid dienone is 1.